The van der Waals surface area contributed by atoms with Crippen LogP contribution in [0.5, 0.6) is 0 Å². The highest BCUT2D eigenvalue weighted by Crippen LogP contribution is 2.38. The summed E-state index contributed by atoms with van der Waals surface area (Å²) in [5.41, 5.74) is 0. The van der Waals surface area contributed by atoms with Gasteiger partial charge in [-0.1, -0.05) is 409 Å². The van der Waals surface area contributed by atoms with Crippen LogP contribution < -0.4 is 4.89 Å². The van der Waals surface area contributed by atoms with Gasteiger partial charge in [0.05, 0.1) is 27.7 Å². The number of quaternary nitrogens is 1. The quantitative estimate of drug-likeness (QED) is 0.0195. The van der Waals surface area contributed by atoms with E-state index in [1.54, 1.807) is 0 Å². The molecule has 0 N–H and O–H groups in total. The first kappa shape index (κ1) is 102. The molecular weight excluding hydrogens is 1330 g/mol. The molecule has 106 heavy (non-hydrogen) atoms. The van der Waals surface area contributed by atoms with Gasteiger partial charge in [0.2, 0.25) is 0 Å². The molecule has 0 amide bonds. The van der Waals surface area contributed by atoms with Gasteiger partial charge in [0.15, 0.2) is 6.10 Å². The first-order valence-electron chi connectivity index (χ1n) is 44.2. The number of ether oxygens (including phenoxy) is 2. The number of phosphoric ester groups is 1. The predicted octanol–water partition coefficient (Wildman–Crippen LogP) is 29.5. The van der Waals surface area contributed by atoms with E-state index >= 15 is 0 Å². The summed E-state index contributed by atoms with van der Waals surface area (Å²) >= 11 is 0. The third kappa shape index (κ3) is 88.5. The lowest BCUT2D eigenvalue weighted by molar-refractivity contribution is -0.870. The largest absolute Gasteiger partial charge is 0.756 e. The number of nitrogens with zero attached hydrogens (tertiary/aromatic N) is 1. The predicted molar refractivity (Wildman–Crippen MR) is 461 cm³/mol. The Morgan fingerprint density at radius 3 is 0.755 bits per heavy atom. The molecule has 0 aromatic rings. The fourth-order valence-electron chi connectivity index (χ4n) is 12.4. The first-order chi connectivity index (χ1) is 52.0. The molecule has 2 unspecified atom stereocenters. The molecule has 0 radical (unpaired) electrons. The topological polar surface area (TPSA) is 111 Å². The highest BCUT2D eigenvalue weighted by Gasteiger charge is 2.22. The van der Waals surface area contributed by atoms with E-state index in [0.29, 0.717) is 17.4 Å². The summed E-state index contributed by atoms with van der Waals surface area (Å²) in [7, 11) is 1.17. The number of carbonyl (C=O) groups is 2. The normalized spacial score (nSPS) is 13.8. The minimum atomic E-state index is -4.65. The maximum Gasteiger partial charge on any atom is 0.306 e. The van der Waals surface area contributed by atoms with Gasteiger partial charge >= 0.3 is 11.9 Å². The number of unbranched alkanes of at least 4 members (excludes halogenated alkanes) is 41. The summed E-state index contributed by atoms with van der Waals surface area (Å²) in [6.07, 6.45) is 127. The Morgan fingerprint density at radius 2 is 0.509 bits per heavy atom. The highest BCUT2D eigenvalue weighted by molar-refractivity contribution is 7.45. The number of rotatable bonds is 81. The molecule has 0 rings (SSSR count). The van der Waals surface area contributed by atoms with Gasteiger partial charge in [0.1, 0.15) is 19.8 Å². The number of likely N-dealkylation sites (N-methyl/N-ethyl adjacent to an activating group) is 1. The third-order valence-electron chi connectivity index (χ3n) is 19.0. The molecule has 0 aromatic carbocycles. The Morgan fingerprint density at radius 1 is 0.292 bits per heavy atom. The van der Waals surface area contributed by atoms with Crippen molar-refractivity contribution in [2.24, 2.45) is 0 Å². The molecule has 0 fully saturated rings. The number of phosphoric acid groups is 1. The monoisotopic (exact) mass is 1490 g/mol. The molecule has 2 atom stereocenters. The summed E-state index contributed by atoms with van der Waals surface area (Å²) in [5.74, 6) is -0.820. The van der Waals surface area contributed by atoms with Crippen LogP contribution in [0.1, 0.15) is 386 Å². The van der Waals surface area contributed by atoms with Crippen molar-refractivity contribution in [2.45, 2.75) is 392 Å². The van der Waals surface area contributed by atoms with E-state index in [9.17, 15) is 19.0 Å². The minimum Gasteiger partial charge on any atom is -0.756 e. The second-order valence-corrected chi connectivity index (χ2v) is 31.9. The van der Waals surface area contributed by atoms with E-state index < -0.39 is 26.5 Å². The minimum absolute atomic E-state index is 0.0333. The van der Waals surface area contributed by atoms with Crippen molar-refractivity contribution in [3.63, 3.8) is 0 Å². The van der Waals surface area contributed by atoms with Crippen molar-refractivity contribution in [3.8, 4) is 0 Å². The Balaban J connectivity index is 3.91. The smallest absolute Gasteiger partial charge is 0.306 e. The fourth-order valence-corrected chi connectivity index (χ4v) is 13.1. The molecule has 0 aromatic heterocycles. The zero-order chi connectivity index (χ0) is 76.8. The van der Waals surface area contributed by atoms with Crippen LogP contribution in [-0.2, 0) is 32.7 Å². The SMILES string of the molecule is CC/C=C\C/C=C\C/C=C\C/C=C\C/C=C\C/C=C\C/C=C\C/C=C\CCCCCCCCCCCCCCCCCCC(=O)OC(COC(=O)CCCCCCCCCCCCCCCCCCCCCCCCCCC/C=C\C/C=C\C/C=C\C/C=C\C/C=C\CC)COP(=O)([O-])OCC[N+](C)(C)C. The number of allylic oxidation sites excluding steroid dienone is 26. The number of hydrogen-bond acceptors (Lipinski definition) is 8. The van der Waals surface area contributed by atoms with Gasteiger partial charge in [-0.15, -0.1) is 0 Å². The summed E-state index contributed by atoms with van der Waals surface area (Å²) in [6, 6.07) is 0. The van der Waals surface area contributed by atoms with Gasteiger partial charge in [-0.25, -0.2) is 0 Å². The molecule has 608 valence electrons. The van der Waals surface area contributed by atoms with Crippen LogP contribution in [0, 0.1) is 0 Å². The zero-order valence-electron chi connectivity index (χ0n) is 69.6. The van der Waals surface area contributed by atoms with Crippen LogP contribution in [0.4, 0.5) is 0 Å². The standard InChI is InChI=1S/C96H166NO8P/c1-6-8-10-12-14-16-18-20-22-24-26-28-30-32-34-36-38-40-42-44-46-48-50-52-54-56-58-60-62-64-66-68-70-72-74-76-78-80-82-84-86-88-95(98)102-92-94(93-104-106(100,101)103-91-90-97(3,4)5)105-96(99)89-87-85-83-81-79-77-75-73-71-69-67-65-63-61-59-57-55-53-51-49-47-45-43-41-39-37-35-33-31-29-27-25-23-21-19-17-15-13-11-9-7-2/h8-11,14-17,20-23,26-29,32-35,39,41,45,47,51,53,94H,6-7,12-13,18-19,24-25,30-31,36-38,40,42-44,46,48-50,52,54-93H2,1-5H3/b10-8-,11-9-,16-14-,17-15-,22-20-,23-21-,28-26-,29-27-,34-32-,35-33-,41-39-,47-45-,53-51-. The van der Waals surface area contributed by atoms with Crippen molar-refractivity contribution in [1.82, 2.24) is 0 Å². The second-order valence-electron chi connectivity index (χ2n) is 30.5. The molecule has 0 bridgehead atoms. The molecule has 0 aliphatic rings. The van der Waals surface area contributed by atoms with E-state index in [1.807, 2.05) is 21.1 Å². The molecule has 0 saturated heterocycles. The molecule has 0 aliphatic heterocycles. The van der Waals surface area contributed by atoms with Crippen molar-refractivity contribution < 1.29 is 42.1 Å². The average Bonchev–Trinajstić information content (AvgIpc) is 0.908. The van der Waals surface area contributed by atoms with E-state index in [0.717, 1.165) is 122 Å². The van der Waals surface area contributed by atoms with Gasteiger partial charge in [-0.3, -0.25) is 14.2 Å². The van der Waals surface area contributed by atoms with Crippen molar-refractivity contribution in [1.29, 1.82) is 0 Å². The fraction of sp³-hybridized carbons (Fsp3) is 0.708. The van der Waals surface area contributed by atoms with Gasteiger partial charge in [0, 0.05) is 12.8 Å². The van der Waals surface area contributed by atoms with Gasteiger partial charge < -0.3 is 27.9 Å². The summed E-state index contributed by atoms with van der Waals surface area (Å²) in [6.45, 7) is 4.05. The average molecular weight is 1490 g/mol. The maximum atomic E-state index is 12.9. The summed E-state index contributed by atoms with van der Waals surface area (Å²) < 4.78 is 34.5. The molecule has 0 aliphatic carbocycles. The maximum absolute atomic E-state index is 12.9. The molecule has 10 heteroatoms. The van der Waals surface area contributed by atoms with E-state index in [2.05, 4.69) is 172 Å². The van der Waals surface area contributed by atoms with Crippen molar-refractivity contribution in [3.05, 3.63) is 158 Å². The lowest BCUT2D eigenvalue weighted by Gasteiger charge is -2.28. The van der Waals surface area contributed by atoms with Crippen LogP contribution >= 0.6 is 7.82 Å². The van der Waals surface area contributed by atoms with E-state index in [4.69, 9.17) is 18.5 Å². The van der Waals surface area contributed by atoms with E-state index in [1.165, 1.54) is 231 Å². The van der Waals surface area contributed by atoms with Crippen molar-refractivity contribution in [2.75, 3.05) is 47.5 Å². The zero-order valence-corrected chi connectivity index (χ0v) is 70.5. The first-order valence-corrected chi connectivity index (χ1v) is 45.7. The molecule has 0 heterocycles. The molecule has 9 nitrogen and oxygen atoms in total. The van der Waals surface area contributed by atoms with Crippen LogP contribution in [0.15, 0.2) is 158 Å². The Hall–Kier alpha value is -4.37. The highest BCUT2D eigenvalue weighted by atomic mass is 31.2. The summed E-state index contributed by atoms with van der Waals surface area (Å²) in [4.78, 5) is 38.3. The molecule has 0 saturated carbocycles. The van der Waals surface area contributed by atoms with Crippen LogP contribution in [-0.4, -0.2) is 70.0 Å². The number of hydrogen-bond donors (Lipinski definition) is 0. The van der Waals surface area contributed by atoms with Crippen LogP contribution in [0.3, 0.4) is 0 Å². The third-order valence-corrected chi connectivity index (χ3v) is 20.0. The van der Waals surface area contributed by atoms with Gasteiger partial charge in [0.25, 0.3) is 7.82 Å². The number of carbonyl (C=O) groups excluding carboxylic acids is 2. The van der Waals surface area contributed by atoms with Crippen molar-refractivity contribution >= 4 is 19.8 Å². The Kier molecular flexibility index (Phi) is 81.2. The van der Waals surface area contributed by atoms with Gasteiger partial charge in [-0.05, 0) is 122 Å². The lowest BCUT2D eigenvalue weighted by atomic mass is 10.0. The van der Waals surface area contributed by atoms with Crippen LogP contribution in [0.2, 0.25) is 0 Å². The summed E-state index contributed by atoms with van der Waals surface area (Å²) in [5, 5.41) is 0. The lowest BCUT2D eigenvalue weighted by Crippen LogP contribution is -2.37. The molecular formula is C96H166NO8P. The van der Waals surface area contributed by atoms with E-state index in [-0.39, 0.29) is 32.0 Å². The Bertz CT molecular complexity index is 2360. The van der Waals surface area contributed by atoms with Gasteiger partial charge in [-0.2, -0.15) is 0 Å². The van der Waals surface area contributed by atoms with Crippen LogP contribution in [0.25, 0.3) is 0 Å². The molecule has 0 spiro atoms. The number of esters is 2. The Labute approximate surface area is 656 Å². The second kappa shape index (κ2) is 84.6.